The molecule has 0 spiro atoms. The maximum atomic E-state index is 13.4. The first-order valence-electron chi connectivity index (χ1n) is 9.86. The van der Waals surface area contributed by atoms with E-state index in [-0.39, 0.29) is 11.5 Å². The first-order valence-corrected chi connectivity index (χ1v) is 10.6. The summed E-state index contributed by atoms with van der Waals surface area (Å²) in [5.41, 5.74) is 1.27. The van der Waals surface area contributed by atoms with Gasteiger partial charge in [0, 0.05) is 49.9 Å². The fourth-order valence-corrected chi connectivity index (χ4v) is 5.15. The van der Waals surface area contributed by atoms with Crippen LogP contribution in [0.15, 0.2) is 35.1 Å². The van der Waals surface area contributed by atoms with E-state index in [1.54, 1.807) is 4.57 Å². The summed E-state index contributed by atoms with van der Waals surface area (Å²) in [6.45, 7) is 3.37. The SMILES string of the molecule is COc1cc(=O)n2c(c1C(=O)N1CCN(c3nsc4ccccc34)CC1)CCC2. The number of carbonyl (C=O) groups is 1. The monoisotopic (exact) mass is 410 g/mol. The number of carbonyl (C=O) groups excluding carboxylic acids is 1. The highest BCUT2D eigenvalue weighted by molar-refractivity contribution is 7.13. The summed E-state index contributed by atoms with van der Waals surface area (Å²) in [6, 6.07) is 9.68. The molecule has 1 saturated heterocycles. The zero-order valence-corrected chi connectivity index (χ0v) is 17.1. The largest absolute Gasteiger partial charge is 0.496 e. The van der Waals surface area contributed by atoms with Gasteiger partial charge < -0.3 is 19.1 Å². The van der Waals surface area contributed by atoms with Gasteiger partial charge in [-0.2, -0.15) is 4.37 Å². The Kier molecular flexibility index (Phi) is 4.50. The number of rotatable bonds is 3. The van der Waals surface area contributed by atoms with Gasteiger partial charge in [-0.15, -0.1) is 0 Å². The van der Waals surface area contributed by atoms with Crippen molar-refractivity contribution in [3.8, 4) is 5.75 Å². The molecule has 5 rings (SSSR count). The Morgan fingerprint density at radius 2 is 1.93 bits per heavy atom. The number of methoxy groups -OCH3 is 1. The summed E-state index contributed by atoms with van der Waals surface area (Å²) in [5, 5.41) is 1.17. The summed E-state index contributed by atoms with van der Waals surface area (Å²) in [7, 11) is 1.52. The summed E-state index contributed by atoms with van der Waals surface area (Å²) >= 11 is 1.51. The van der Waals surface area contributed by atoms with E-state index in [2.05, 4.69) is 21.4 Å². The van der Waals surface area contributed by atoms with Crippen LogP contribution in [0.4, 0.5) is 5.82 Å². The second-order valence-corrected chi connectivity index (χ2v) is 8.21. The lowest BCUT2D eigenvalue weighted by Crippen LogP contribution is -2.49. The van der Waals surface area contributed by atoms with E-state index < -0.39 is 0 Å². The molecule has 0 radical (unpaired) electrons. The van der Waals surface area contributed by atoms with Gasteiger partial charge in [0.2, 0.25) is 0 Å². The maximum absolute atomic E-state index is 13.4. The average Bonchev–Trinajstić information content (AvgIpc) is 3.41. The molecule has 0 atom stereocenters. The molecule has 2 aliphatic rings. The molecule has 150 valence electrons. The molecule has 1 amide bonds. The first-order chi connectivity index (χ1) is 14.2. The number of anilines is 1. The molecule has 2 aromatic heterocycles. The van der Waals surface area contributed by atoms with Crippen molar-refractivity contribution in [2.24, 2.45) is 0 Å². The third-order valence-corrected chi connectivity index (χ3v) is 6.65. The second kappa shape index (κ2) is 7.18. The Balaban J connectivity index is 1.39. The quantitative estimate of drug-likeness (QED) is 0.663. The zero-order chi connectivity index (χ0) is 20.0. The number of fused-ring (bicyclic) bond motifs is 2. The van der Waals surface area contributed by atoms with Crippen molar-refractivity contribution in [2.75, 3.05) is 38.2 Å². The smallest absolute Gasteiger partial charge is 0.259 e. The van der Waals surface area contributed by atoms with Gasteiger partial charge in [-0.05, 0) is 36.5 Å². The van der Waals surface area contributed by atoms with E-state index in [0.29, 0.717) is 30.9 Å². The van der Waals surface area contributed by atoms with Gasteiger partial charge >= 0.3 is 0 Å². The lowest BCUT2D eigenvalue weighted by molar-refractivity contribution is 0.0741. The molecule has 4 heterocycles. The minimum atomic E-state index is -0.0915. The lowest BCUT2D eigenvalue weighted by atomic mass is 10.1. The van der Waals surface area contributed by atoms with E-state index in [0.717, 1.165) is 37.4 Å². The van der Waals surface area contributed by atoms with E-state index in [9.17, 15) is 9.59 Å². The van der Waals surface area contributed by atoms with Crippen molar-refractivity contribution >= 4 is 33.3 Å². The molecule has 0 unspecified atom stereocenters. The molecule has 1 aromatic carbocycles. The van der Waals surface area contributed by atoms with E-state index in [1.807, 2.05) is 17.0 Å². The molecular weight excluding hydrogens is 388 g/mol. The topological polar surface area (TPSA) is 67.7 Å². The van der Waals surface area contributed by atoms with Crippen molar-refractivity contribution in [3.05, 3.63) is 51.9 Å². The van der Waals surface area contributed by atoms with Crippen molar-refractivity contribution in [1.82, 2.24) is 13.8 Å². The predicted molar refractivity (Wildman–Crippen MR) is 113 cm³/mol. The van der Waals surface area contributed by atoms with Crippen LogP contribution in [0, 0.1) is 0 Å². The fourth-order valence-electron chi connectivity index (χ4n) is 4.35. The molecule has 7 nitrogen and oxygen atoms in total. The van der Waals surface area contributed by atoms with Gasteiger partial charge in [0.15, 0.2) is 0 Å². The number of hydrogen-bond donors (Lipinski definition) is 0. The average molecular weight is 410 g/mol. The molecule has 0 bridgehead atoms. The highest BCUT2D eigenvalue weighted by atomic mass is 32.1. The minimum absolute atomic E-state index is 0.0460. The standard InChI is InChI=1S/C21H22N4O3S/c1-28-16-13-18(26)25-8-4-6-15(25)19(16)21(27)24-11-9-23(10-12-24)20-14-5-2-3-7-17(14)29-22-20/h2-3,5,7,13H,4,6,8-12H2,1H3. The third kappa shape index (κ3) is 2.98. The summed E-state index contributed by atoms with van der Waals surface area (Å²) in [4.78, 5) is 29.7. The molecule has 0 saturated carbocycles. The van der Waals surface area contributed by atoms with Crippen LogP contribution in [0.2, 0.25) is 0 Å². The molecule has 3 aromatic rings. The van der Waals surface area contributed by atoms with Crippen LogP contribution in [-0.2, 0) is 13.0 Å². The van der Waals surface area contributed by atoms with Crippen LogP contribution in [0.3, 0.4) is 0 Å². The van der Waals surface area contributed by atoms with Crippen molar-refractivity contribution in [2.45, 2.75) is 19.4 Å². The van der Waals surface area contributed by atoms with Crippen LogP contribution >= 0.6 is 11.5 Å². The van der Waals surface area contributed by atoms with E-state index >= 15 is 0 Å². The number of benzene rings is 1. The van der Waals surface area contributed by atoms with Gasteiger partial charge in [0.05, 0.1) is 11.8 Å². The minimum Gasteiger partial charge on any atom is -0.496 e. The molecule has 8 heteroatoms. The molecule has 29 heavy (non-hydrogen) atoms. The van der Waals surface area contributed by atoms with Crippen molar-refractivity contribution in [1.29, 1.82) is 0 Å². The normalized spacial score (nSPS) is 16.3. The number of nitrogens with zero attached hydrogens (tertiary/aromatic N) is 4. The molecular formula is C21H22N4O3S. The number of amides is 1. The van der Waals surface area contributed by atoms with Gasteiger partial charge in [-0.3, -0.25) is 9.59 Å². The highest BCUT2D eigenvalue weighted by Gasteiger charge is 2.30. The lowest BCUT2D eigenvalue weighted by Gasteiger charge is -2.35. The van der Waals surface area contributed by atoms with Crippen molar-refractivity contribution in [3.63, 3.8) is 0 Å². The van der Waals surface area contributed by atoms with Crippen LogP contribution in [0.5, 0.6) is 5.75 Å². The Labute approximate surface area is 172 Å². The summed E-state index contributed by atoms with van der Waals surface area (Å²) < 4.78 is 12.9. The third-order valence-electron chi connectivity index (χ3n) is 5.84. The number of pyridine rings is 1. The van der Waals surface area contributed by atoms with Crippen LogP contribution in [0.1, 0.15) is 22.5 Å². The molecule has 2 aliphatic heterocycles. The fraction of sp³-hybridized carbons (Fsp3) is 0.381. The van der Waals surface area contributed by atoms with Crippen LogP contribution in [0.25, 0.3) is 10.1 Å². The van der Waals surface area contributed by atoms with Crippen molar-refractivity contribution < 1.29 is 9.53 Å². The molecule has 0 N–H and O–H groups in total. The number of aromatic nitrogens is 2. The van der Waals surface area contributed by atoms with E-state index in [1.165, 1.54) is 34.8 Å². The molecule has 1 fully saturated rings. The number of hydrogen-bond acceptors (Lipinski definition) is 6. The van der Waals surface area contributed by atoms with Crippen LogP contribution < -0.4 is 15.2 Å². The zero-order valence-electron chi connectivity index (χ0n) is 16.3. The van der Waals surface area contributed by atoms with Gasteiger partial charge in [0.25, 0.3) is 11.5 Å². The Morgan fingerprint density at radius 3 is 2.72 bits per heavy atom. The first kappa shape index (κ1) is 18.2. The Hall–Kier alpha value is -2.87. The number of ether oxygens (including phenoxy) is 1. The summed E-state index contributed by atoms with van der Waals surface area (Å²) in [5.74, 6) is 1.35. The molecule has 0 aliphatic carbocycles. The number of piperazine rings is 1. The second-order valence-electron chi connectivity index (χ2n) is 7.41. The maximum Gasteiger partial charge on any atom is 0.259 e. The highest BCUT2D eigenvalue weighted by Crippen LogP contribution is 2.31. The van der Waals surface area contributed by atoms with Gasteiger partial charge in [0.1, 0.15) is 17.1 Å². The predicted octanol–water partition coefficient (Wildman–Crippen LogP) is 2.38. The van der Waals surface area contributed by atoms with E-state index in [4.69, 9.17) is 4.74 Å². The Morgan fingerprint density at radius 1 is 1.14 bits per heavy atom. The Bertz CT molecular complexity index is 1140. The van der Waals surface area contributed by atoms with Gasteiger partial charge in [-0.1, -0.05) is 12.1 Å². The van der Waals surface area contributed by atoms with Gasteiger partial charge in [-0.25, -0.2) is 0 Å². The summed E-state index contributed by atoms with van der Waals surface area (Å²) in [6.07, 6.45) is 1.62. The van der Waals surface area contributed by atoms with Crippen LogP contribution in [-0.4, -0.2) is 53.0 Å².